The van der Waals surface area contributed by atoms with E-state index < -0.39 is 0 Å². The number of anilines is 1. The third kappa shape index (κ3) is 3.37. The van der Waals surface area contributed by atoms with Gasteiger partial charge in [-0.2, -0.15) is 0 Å². The quantitative estimate of drug-likeness (QED) is 0.854. The Hall–Kier alpha value is -2.04. The van der Waals surface area contributed by atoms with Crippen LogP contribution in [0, 0.1) is 17.8 Å². The molecule has 4 atom stereocenters. The first-order valence-electron chi connectivity index (χ1n) is 9.45. The summed E-state index contributed by atoms with van der Waals surface area (Å²) in [5, 5.41) is 0. The summed E-state index contributed by atoms with van der Waals surface area (Å²) in [6.07, 6.45) is 6.71. The van der Waals surface area contributed by atoms with Gasteiger partial charge in [-0.15, -0.1) is 0 Å². The van der Waals surface area contributed by atoms with Crippen LogP contribution in [-0.4, -0.2) is 31.1 Å². The molecule has 2 N–H and O–H groups in total. The fraction of sp³-hybridized carbons (Fsp3) is 0.600. The van der Waals surface area contributed by atoms with Crippen LogP contribution in [0.25, 0.3) is 0 Å². The van der Waals surface area contributed by atoms with Crippen LogP contribution in [0.4, 0.5) is 5.69 Å². The molecule has 4 rings (SSSR count). The fourth-order valence-corrected chi connectivity index (χ4v) is 4.79. The molecule has 2 saturated carbocycles. The van der Waals surface area contributed by atoms with E-state index in [-0.39, 0.29) is 23.9 Å². The van der Waals surface area contributed by atoms with Crippen LogP contribution >= 0.6 is 0 Å². The monoisotopic (exact) mass is 342 g/mol. The molecule has 0 unspecified atom stereocenters. The van der Waals surface area contributed by atoms with Crippen molar-refractivity contribution < 1.29 is 14.3 Å². The maximum atomic E-state index is 12.4. The van der Waals surface area contributed by atoms with Gasteiger partial charge in [0.15, 0.2) is 0 Å². The van der Waals surface area contributed by atoms with Crippen LogP contribution in [0.3, 0.4) is 0 Å². The number of carbonyl (C=O) groups excluding carboxylic acids is 2. The van der Waals surface area contributed by atoms with E-state index in [2.05, 4.69) is 4.90 Å². The van der Waals surface area contributed by atoms with E-state index in [1.807, 2.05) is 24.3 Å². The number of primary amides is 1. The third-order valence-corrected chi connectivity index (χ3v) is 6.22. The molecule has 0 aromatic heterocycles. The van der Waals surface area contributed by atoms with Crippen LogP contribution in [0.5, 0.6) is 0 Å². The number of fused-ring (bicyclic) bond motifs is 2. The summed E-state index contributed by atoms with van der Waals surface area (Å²) in [7, 11) is 0. The Morgan fingerprint density at radius 3 is 2.52 bits per heavy atom. The van der Waals surface area contributed by atoms with E-state index in [9.17, 15) is 9.59 Å². The number of carbonyl (C=O) groups is 2. The Morgan fingerprint density at radius 2 is 1.88 bits per heavy atom. The SMILES string of the molecule is NC(=O)[C@H]1CCCN(c2ccc(C(=O)O[C@@H]3C[C@H]4CC[C@H]3C4)cc2)C1. The predicted octanol–water partition coefficient (Wildman–Crippen LogP) is 2.73. The Morgan fingerprint density at radius 1 is 1.08 bits per heavy atom. The number of hydrogen-bond donors (Lipinski definition) is 1. The van der Waals surface area contributed by atoms with E-state index in [0.29, 0.717) is 18.0 Å². The number of nitrogens with zero attached hydrogens (tertiary/aromatic N) is 1. The fourth-order valence-electron chi connectivity index (χ4n) is 4.79. The zero-order chi connectivity index (χ0) is 17.4. The minimum Gasteiger partial charge on any atom is -0.458 e. The number of benzene rings is 1. The van der Waals surface area contributed by atoms with Gasteiger partial charge in [-0.05, 0) is 74.6 Å². The summed E-state index contributed by atoms with van der Waals surface area (Å²) >= 11 is 0. The molecule has 5 nitrogen and oxygen atoms in total. The molecule has 3 aliphatic rings. The van der Waals surface area contributed by atoms with Crippen LogP contribution < -0.4 is 10.6 Å². The largest absolute Gasteiger partial charge is 0.458 e. The average molecular weight is 342 g/mol. The number of nitrogens with two attached hydrogens (primary N) is 1. The first kappa shape index (κ1) is 16.4. The molecule has 5 heteroatoms. The van der Waals surface area contributed by atoms with E-state index in [1.165, 1.54) is 19.3 Å². The molecule has 0 spiro atoms. The van der Waals surface area contributed by atoms with Crippen LogP contribution in [0.1, 0.15) is 48.9 Å². The highest BCUT2D eigenvalue weighted by Crippen LogP contribution is 2.46. The number of esters is 1. The second-order valence-electron chi connectivity index (χ2n) is 7.85. The second-order valence-corrected chi connectivity index (χ2v) is 7.85. The van der Waals surface area contributed by atoms with Crippen molar-refractivity contribution in [2.24, 2.45) is 23.5 Å². The van der Waals surface area contributed by atoms with Crippen LogP contribution in [0.2, 0.25) is 0 Å². The molecule has 134 valence electrons. The molecule has 2 bridgehead atoms. The topological polar surface area (TPSA) is 72.6 Å². The minimum atomic E-state index is -0.226. The lowest BCUT2D eigenvalue weighted by Gasteiger charge is -2.33. The molecule has 1 aromatic carbocycles. The maximum Gasteiger partial charge on any atom is 0.338 e. The van der Waals surface area contributed by atoms with Crippen molar-refractivity contribution in [2.45, 2.75) is 44.6 Å². The molecule has 1 saturated heterocycles. The van der Waals surface area contributed by atoms with Crippen molar-refractivity contribution in [1.29, 1.82) is 0 Å². The summed E-state index contributed by atoms with van der Waals surface area (Å²) in [5.74, 6) is 0.819. The number of amides is 1. The van der Waals surface area contributed by atoms with Gasteiger partial charge in [-0.3, -0.25) is 4.79 Å². The van der Waals surface area contributed by atoms with Gasteiger partial charge in [-0.1, -0.05) is 0 Å². The van der Waals surface area contributed by atoms with Crippen molar-refractivity contribution in [3.05, 3.63) is 29.8 Å². The lowest BCUT2D eigenvalue weighted by molar-refractivity contribution is -0.122. The summed E-state index contributed by atoms with van der Waals surface area (Å²) < 4.78 is 5.75. The van der Waals surface area contributed by atoms with Crippen molar-refractivity contribution in [2.75, 3.05) is 18.0 Å². The molecule has 25 heavy (non-hydrogen) atoms. The second kappa shape index (κ2) is 6.70. The molecule has 1 aromatic rings. The van der Waals surface area contributed by atoms with Gasteiger partial charge in [0.1, 0.15) is 6.10 Å². The third-order valence-electron chi connectivity index (χ3n) is 6.22. The Kier molecular flexibility index (Phi) is 4.40. The predicted molar refractivity (Wildman–Crippen MR) is 95.2 cm³/mol. The molecular weight excluding hydrogens is 316 g/mol. The molecule has 1 aliphatic heterocycles. The summed E-state index contributed by atoms with van der Waals surface area (Å²) in [5.41, 5.74) is 7.08. The standard InChI is InChI=1S/C20H26N2O3/c21-19(23)16-2-1-9-22(12-16)17-7-5-14(6-8-17)20(24)25-18-11-13-3-4-15(18)10-13/h5-8,13,15-16,18H,1-4,9-12H2,(H2,21,23)/t13-,15-,16-,18+/m0/s1. The van der Waals surface area contributed by atoms with E-state index >= 15 is 0 Å². The van der Waals surface area contributed by atoms with E-state index in [0.717, 1.165) is 37.4 Å². The van der Waals surface area contributed by atoms with Gasteiger partial charge in [0, 0.05) is 18.8 Å². The Labute approximate surface area is 148 Å². The zero-order valence-corrected chi connectivity index (χ0v) is 14.5. The van der Waals surface area contributed by atoms with E-state index in [4.69, 9.17) is 10.5 Å². The van der Waals surface area contributed by atoms with E-state index in [1.54, 1.807) is 0 Å². The summed E-state index contributed by atoms with van der Waals surface area (Å²) in [6, 6.07) is 7.55. The lowest BCUT2D eigenvalue weighted by Crippen LogP contribution is -2.41. The average Bonchev–Trinajstić information content (AvgIpc) is 3.25. The smallest absolute Gasteiger partial charge is 0.338 e. The van der Waals surface area contributed by atoms with Gasteiger partial charge < -0.3 is 15.4 Å². The first-order valence-corrected chi connectivity index (χ1v) is 9.45. The zero-order valence-electron chi connectivity index (χ0n) is 14.5. The van der Waals surface area contributed by atoms with Gasteiger partial charge in [-0.25, -0.2) is 4.79 Å². The number of piperidine rings is 1. The van der Waals surface area contributed by atoms with Crippen LogP contribution in [0.15, 0.2) is 24.3 Å². The Balaban J connectivity index is 1.38. The Bertz CT molecular complexity index is 657. The lowest BCUT2D eigenvalue weighted by atomic mass is 9.97. The molecule has 0 radical (unpaired) electrons. The molecule has 3 fully saturated rings. The van der Waals surface area contributed by atoms with Gasteiger partial charge in [0.25, 0.3) is 0 Å². The van der Waals surface area contributed by atoms with Crippen molar-refractivity contribution >= 4 is 17.6 Å². The van der Waals surface area contributed by atoms with Crippen molar-refractivity contribution in [3.8, 4) is 0 Å². The number of ether oxygens (including phenoxy) is 1. The van der Waals surface area contributed by atoms with Gasteiger partial charge in [0.05, 0.1) is 11.5 Å². The molecule has 1 amide bonds. The summed E-state index contributed by atoms with van der Waals surface area (Å²) in [6.45, 7) is 1.57. The first-order chi connectivity index (χ1) is 12.1. The number of rotatable bonds is 4. The van der Waals surface area contributed by atoms with Gasteiger partial charge >= 0.3 is 5.97 Å². The molecular formula is C20H26N2O3. The van der Waals surface area contributed by atoms with Crippen molar-refractivity contribution in [1.82, 2.24) is 0 Å². The highest BCUT2D eigenvalue weighted by molar-refractivity contribution is 5.90. The highest BCUT2D eigenvalue weighted by atomic mass is 16.5. The number of hydrogen-bond acceptors (Lipinski definition) is 4. The highest BCUT2D eigenvalue weighted by Gasteiger charge is 2.41. The van der Waals surface area contributed by atoms with Gasteiger partial charge in [0.2, 0.25) is 5.91 Å². The summed E-state index contributed by atoms with van der Waals surface area (Å²) in [4.78, 5) is 26.0. The minimum absolute atomic E-state index is 0.0869. The van der Waals surface area contributed by atoms with Crippen LogP contribution in [-0.2, 0) is 9.53 Å². The maximum absolute atomic E-state index is 12.4. The molecule has 1 heterocycles. The molecule has 2 aliphatic carbocycles. The normalized spacial score (nSPS) is 31.1. The van der Waals surface area contributed by atoms with Crippen molar-refractivity contribution in [3.63, 3.8) is 0 Å².